The summed E-state index contributed by atoms with van der Waals surface area (Å²) >= 11 is 5.64. The maximum absolute atomic E-state index is 13.5. The molecule has 16 heavy (non-hydrogen) atoms. The molecule has 1 fully saturated rings. The normalized spacial score (nSPS) is 21.2. The first-order valence-corrected chi connectivity index (χ1v) is 5.62. The number of aliphatic hydroxyl groups is 1. The van der Waals surface area contributed by atoms with Crippen molar-refractivity contribution in [2.45, 2.75) is 12.8 Å². The second-order valence-corrected chi connectivity index (χ2v) is 4.29. The van der Waals surface area contributed by atoms with Gasteiger partial charge < -0.3 is 10.0 Å². The number of anilines is 1. The summed E-state index contributed by atoms with van der Waals surface area (Å²) in [5.41, 5.74) is 0. The van der Waals surface area contributed by atoms with Crippen LogP contribution in [0.3, 0.4) is 0 Å². The molecule has 1 aromatic heterocycles. The van der Waals surface area contributed by atoms with Gasteiger partial charge in [-0.15, -0.1) is 0 Å². The van der Waals surface area contributed by atoms with E-state index < -0.39 is 5.82 Å². The lowest BCUT2D eigenvalue weighted by Gasteiger charge is -2.32. The molecule has 88 valence electrons. The summed E-state index contributed by atoms with van der Waals surface area (Å²) in [5.74, 6) is -0.0527. The van der Waals surface area contributed by atoms with Crippen molar-refractivity contribution in [2.24, 2.45) is 5.92 Å². The molecule has 0 bridgehead atoms. The van der Waals surface area contributed by atoms with Gasteiger partial charge in [-0.3, -0.25) is 0 Å². The second-order valence-electron chi connectivity index (χ2n) is 3.95. The highest BCUT2D eigenvalue weighted by Gasteiger charge is 2.22. The molecule has 1 aliphatic rings. The highest BCUT2D eigenvalue weighted by atomic mass is 35.5. The van der Waals surface area contributed by atoms with E-state index in [1.165, 1.54) is 0 Å². The molecule has 0 spiro atoms. The number of piperidine rings is 1. The molecule has 1 N–H and O–H groups in total. The second kappa shape index (κ2) is 4.93. The standard InChI is InChI=1S/C10H13ClFN3O/c11-10-13-4-8(12)9(14-10)15-3-1-2-7(5-15)6-16/h4,7,16H,1-3,5-6H2. The lowest BCUT2D eigenvalue weighted by Crippen LogP contribution is -2.37. The summed E-state index contributed by atoms with van der Waals surface area (Å²) in [5, 5.41) is 9.14. The Balaban J connectivity index is 2.19. The first kappa shape index (κ1) is 11.5. The quantitative estimate of drug-likeness (QED) is 0.802. The summed E-state index contributed by atoms with van der Waals surface area (Å²) in [7, 11) is 0. The number of hydrogen-bond acceptors (Lipinski definition) is 4. The number of halogens is 2. The zero-order chi connectivity index (χ0) is 11.5. The van der Waals surface area contributed by atoms with Crippen LogP contribution in [0.4, 0.5) is 10.2 Å². The van der Waals surface area contributed by atoms with E-state index in [0.29, 0.717) is 6.54 Å². The first-order chi connectivity index (χ1) is 7.70. The molecule has 0 aliphatic carbocycles. The number of hydrogen-bond donors (Lipinski definition) is 1. The summed E-state index contributed by atoms with van der Waals surface area (Å²) in [6, 6.07) is 0. The van der Waals surface area contributed by atoms with Gasteiger partial charge in [0.05, 0.1) is 6.20 Å². The maximum atomic E-state index is 13.5. The van der Waals surface area contributed by atoms with Crippen molar-refractivity contribution in [3.8, 4) is 0 Å². The molecule has 4 nitrogen and oxygen atoms in total. The number of nitrogens with zero attached hydrogens (tertiary/aromatic N) is 3. The van der Waals surface area contributed by atoms with E-state index in [-0.39, 0.29) is 23.6 Å². The summed E-state index contributed by atoms with van der Waals surface area (Å²) in [6.07, 6.45) is 2.97. The Morgan fingerprint density at radius 3 is 3.19 bits per heavy atom. The predicted molar refractivity (Wildman–Crippen MR) is 59.0 cm³/mol. The van der Waals surface area contributed by atoms with Crippen LogP contribution < -0.4 is 4.90 Å². The highest BCUT2D eigenvalue weighted by molar-refractivity contribution is 6.28. The third-order valence-electron chi connectivity index (χ3n) is 2.77. The van der Waals surface area contributed by atoms with Crippen molar-refractivity contribution in [1.82, 2.24) is 9.97 Å². The smallest absolute Gasteiger partial charge is 0.224 e. The van der Waals surface area contributed by atoms with Gasteiger partial charge >= 0.3 is 0 Å². The average molecular weight is 246 g/mol. The van der Waals surface area contributed by atoms with Crippen molar-refractivity contribution < 1.29 is 9.50 Å². The van der Waals surface area contributed by atoms with E-state index in [2.05, 4.69) is 9.97 Å². The Hall–Kier alpha value is -0.940. The Morgan fingerprint density at radius 1 is 1.62 bits per heavy atom. The van der Waals surface area contributed by atoms with Gasteiger partial charge in [0.1, 0.15) is 0 Å². The molecule has 0 radical (unpaired) electrons. The van der Waals surface area contributed by atoms with Crippen molar-refractivity contribution in [3.05, 3.63) is 17.3 Å². The van der Waals surface area contributed by atoms with E-state index in [0.717, 1.165) is 25.6 Å². The minimum absolute atomic E-state index is 0.0440. The summed E-state index contributed by atoms with van der Waals surface area (Å²) < 4.78 is 13.5. The SMILES string of the molecule is OCC1CCCN(c2nc(Cl)ncc2F)C1. The molecule has 1 unspecified atom stereocenters. The van der Waals surface area contributed by atoms with Gasteiger partial charge in [0, 0.05) is 19.7 Å². The number of rotatable bonds is 2. The molecule has 2 rings (SSSR count). The summed E-state index contributed by atoms with van der Waals surface area (Å²) in [6.45, 7) is 1.47. The van der Waals surface area contributed by atoms with Gasteiger partial charge in [-0.25, -0.2) is 9.37 Å². The third kappa shape index (κ3) is 2.41. The monoisotopic (exact) mass is 245 g/mol. The Labute approximate surface area is 98.1 Å². The van der Waals surface area contributed by atoms with Gasteiger partial charge in [-0.05, 0) is 30.4 Å². The van der Waals surface area contributed by atoms with Crippen molar-refractivity contribution >= 4 is 17.4 Å². The van der Waals surface area contributed by atoms with Crippen LogP contribution in [-0.4, -0.2) is 34.8 Å². The Morgan fingerprint density at radius 2 is 2.44 bits per heavy atom. The van der Waals surface area contributed by atoms with E-state index in [1.807, 2.05) is 4.90 Å². The van der Waals surface area contributed by atoms with Gasteiger partial charge in [-0.2, -0.15) is 4.98 Å². The zero-order valence-corrected chi connectivity index (χ0v) is 9.49. The van der Waals surface area contributed by atoms with Crippen LogP contribution in [0.25, 0.3) is 0 Å². The molecule has 1 aromatic rings. The molecule has 0 saturated carbocycles. The number of aliphatic hydroxyl groups excluding tert-OH is 1. The van der Waals surface area contributed by atoms with Crippen LogP contribution >= 0.6 is 11.6 Å². The Bertz CT molecular complexity index is 377. The third-order valence-corrected chi connectivity index (χ3v) is 2.96. The molecule has 1 atom stereocenters. The number of aromatic nitrogens is 2. The topological polar surface area (TPSA) is 49.2 Å². The van der Waals surface area contributed by atoms with E-state index >= 15 is 0 Å². The summed E-state index contributed by atoms with van der Waals surface area (Å²) in [4.78, 5) is 9.28. The molecule has 2 heterocycles. The van der Waals surface area contributed by atoms with Crippen molar-refractivity contribution in [1.29, 1.82) is 0 Å². The predicted octanol–water partition coefficient (Wildman–Crippen LogP) is 1.48. The molecular formula is C10H13ClFN3O. The van der Waals surface area contributed by atoms with E-state index in [4.69, 9.17) is 16.7 Å². The maximum Gasteiger partial charge on any atom is 0.224 e. The largest absolute Gasteiger partial charge is 0.396 e. The minimum Gasteiger partial charge on any atom is -0.396 e. The molecule has 6 heteroatoms. The molecule has 1 saturated heterocycles. The van der Waals surface area contributed by atoms with Crippen LogP contribution in [0.2, 0.25) is 5.28 Å². The van der Waals surface area contributed by atoms with E-state index in [1.54, 1.807) is 0 Å². The van der Waals surface area contributed by atoms with Crippen LogP contribution in [-0.2, 0) is 0 Å². The highest BCUT2D eigenvalue weighted by Crippen LogP contribution is 2.24. The molecule has 0 amide bonds. The lowest BCUT2D eigenvalue weighted by atomic mass is 9.99. The van der Waals surface area contributed by atoms with Crippen LogP contribution in [0.5, 0.6) is 0 Å². The lowest BCUT2D eigenvalue weighted by molar-refractivity contribution is 0.208. The molecular weight excluding hydrogens is 233 g/mol. The van der Waals surface area contributed by atoms with E-state index in [9.17, 15) is 4.39 Å². The molecule has 1 aliphatic heterocycles. The van der Waals surface area contributed by atoms with Crippen molar-refractivity contribution in [2.75, 3.05) is 24.6 Å². The van der Waals surface area contributed by atoms with Crippen molar-refractivity contribution in [3.63, 3.8) is 0 Å². The van der Waals surface area contributed by atoms with Crippen LogP contribution in [0, 0.1) is 11.7 Å². The zero-order valence-electron chi connectivity index (χ0n) is 8.74. The average Bonchev–Trinajstić information content (AvgIpc) is 2.32. The fourth-order valence-electron chi connectivity index (χ4n) is 1.97. The molecule has 0 aromatic carbocycles. The van der Waals surface area contributed by atoms with Gasteiger partial charge in [0.25, 0.3) is 0 Å². The minimum atomic E-state index is -0.469. The van der Waals surface area contributed by atoms with Crippen LogP contribution in [0.15, 0.2) is 6.20 Å². The van der Waals surface area contributed by atoms with Gasteiger partial charge in [0.15, 0.2) is 11.6 Å². The van der Waals surface area contributed by atoms with Gasteiger partial charge in [-0.1, -0.05) is 0 Å². The fraction of sp³-hybridized carbons (Fsp3) is 0.600. The Kier molecular flexibility index (Phi) is 3.56. The first-order valence-electron chi connectivity index (χ1n) is 5.24. The fourth-order valence-corrected chi connectivity index (χ4v) is 2.09. The van der Waals surface area contributed by atoms with Crippen LogP contribution in [0.1, 0.15) is 12.8 Å². The van der Waals surface area contributed by atoms with Gasteiger partial charge in [0.2, 0.25) is 5.28 Å².